The Labute approximate surface area is 159 Å². The van der Waals surface area contributed by atoms with Crippen LogP contribution < -0.4 is 16.0 Å². The molecule has 0 radical (unpaired) electrons. The topological polar surface area (TPSA) is 74.8 Å². The zero-order valence-corrected chi connectivity index (χ0v) is 15.9. The van der Waals surface area contributed by atoms with Crippen LogP contribution >= 0.6 is 11.6 Å². The highest BCUT2D eigenvalue weighted by Gasteiger charge is 2.36. The third kappa shape index (κ3) is 4.48. The minimum atomic E-state index is -0.0744. The largest absolute Gasteiger partial charge is 0.381 e. The zero-order valence-electron chi connectivity index (χ0n) is 15.2. The fraction of sp³-hybridized carbons (Fsp3) is 0.579. The molecule has 2 aliphatic heterocycles. The summed E-state index contributed by atoms with van der Waals surface area (Å²) in [5.74, 6) is 0.870. The number of hydrogen-bond acceptors (Lipinski definition) is 3. The van der Waals surface area contributed by atoms with E-state index in [-0.39, 0.29) is 17.4 Å². The molecule has 2 saturated heterocycles. The maximum absolute atomic E-state index is 11.3. The number of amides is 1. The van der Waals surface area contributed by atoms with Gasteiger partial charge in [0.05, 0.1) is 0 Å². The van der Waals surface area contributed by atoms with Gasteiger partial charge in [-0.25, -0.2) is 0 Å². The van der Waals surface area contributed by atoms with Gasteiger partial charge in [0.2, 0.25) is 5.91 Å². The van der Waals surface area contributed by atoms with Crippen molar-refractivity contribution in [1.29, 1.82) is 0 Å². The van der Waals surface area contributed by atoms with Gasteiger partial charge >= 0.3 is 0 Å². The van der Waals surface area contributed by atoms with Crippen LogP contribution in [-0.2, 0) is 14.9 Å². The van der Waals surface area contributed by atoms with Crippen LogP contribution in [0.1, 0.15) is 31.2 Å². The van der Waals surface area contributed by atoms with E-state index in [2.05, 4.69) is 27.0 Å². The van der Waals surface area contributed by atoms with Crippen LogP contribution in [0.5, 0.6) is 0 Å². The molecule has 1 aromatic rings. The third-order valence-electron chi connectivity index (χ3n) is 5.32. The van der Waals surface area contributed by atoms with Gasteiger partial charge in [-0.1, -0.05) is 29.8 Å². The summed E-state index contributed by atoms with van der Waals surface area (Å²) in [7, 11) is 1.77. The lowest BCUT2D eigenvalue weighted by Gasteiger charge is -2.39. The van der Waals surface area contributed by atoms with E-state index < -0.39 is 0 Å². The molecule has 142 valence electrons. The zero-order chi connectivity index (χ0) is 18.4. The number of nitrogens with zero attached hydrogens (tertiary/aromatic N) is 1. The summed E-state index contributed by atoms with van der Waals surface area (Å²) >= 11 is 6.51. The summed E-state index contributed by atoms with van der Waals surface area (Å²) in [5, 5.41) is 10.6. The van der Waals surface area contributed by atoms with Gasteiger partial charge in [0.25, 0.3) is 0 Å². The molecule has 0 saturated carbocycles. The van der Waals surface area contributed by atoms with E-state index in [1.54, 1.807) is 7.05 Å². The van der Waals surface area contributed by atoms with E-state index in [4.69, 9.17) is 16.3 Å². The number of guanidine groups is 1. The predicted molar refractivity (Wildman–Crippen MR) is 104 cm³/mol. The smallest absolute Gasteiger partial charge is 0.220 e. The maximum atomic E-state index is 11.3. The first-order valence-electron chi connectivity index (χ1n) is 9.20. The molecule has 26 heavy (non-hydrogen) atoms. The molecule has 2 heterocycles. The van der Waals surface area contributed by atoms with Crippen molar-refractivity contribution in [1.82, 2.24) is 16.0 Å². The number of aliphatic imine (C=N–C) groups is 1. The van der Waals surface area contributed by atoms with Gasteiger partial charge in [0, 0.05) is 56.3 Å². The summed E-state index contributed by atoms with van der Waals surface area (Å²) in [6.07, 6.45) is 3.20. The van der Waals surface area contributed by atoms with Gasteiger partial charge in [-0.3, -0.25) is 9.79 Å². The minimum absolute atomic E-state index is 0.0744. The summed E-state index contributed by atoms with van der Waals surface area (Å²) in [4.78, 5) is 15.7. The highest BCUT2D eigenvalue weighted by atomic mass is 35.5. The molecule has 1 amide bonds. The van der Waals surface area contributed by atoms with Gasteiger partial charge in [0.1, 0.15) is 0 Å². The molecule has 1 atom stereocenters. The Balaban J connectivity index is 1.67. The number of hydrogen-bond donors (Lipinski definition) is 3. The van der Waals surface area contributed by atoms with Gasteiger partial charge in [-0.05, 0) is 30.9 Å². The average Bonchev–Trinajstić information content (AvgIpc) is 2.68. The van der Waals surface area contributed by atoms with Crippen molar-refractivity contribution in [2.24, 2.45) is 4.99 Å². The molecule has 0 aromatic heterocycles. The van der Waals surface area contributed by atoms with Crippen molar-refractivity contribution in [3.05, 3.63) is 34.9 Å². The van der Waals surface area contributed by atoms with E-state index in [9.17, 15) is 4.79 Å². The van der Waals surface area contributed by atoms with Crippen molar-refractivity contribution < 1.29 is 9.53 Å². The number of halogens is 1. The third-order valence-corrected chi connectivity index (χ3v) is 5.65. The quantitative estimate of drug-likeness (QED) is 0.552. The SMILES string of the molecule is CN=C(NCC1(c2ccccc2Cl)CCOCC1)NC1CCC(=O)NC1. The van der Waals surface area contributed by atoms with Crippen LogP contribution in [0.25, 0.3) is 0 Å². The second kappa shape index (κ2) is 8.73. The molecule has 1 aromatic carbocycles. The number of carbonyl (C=O) groups excluding carboxylic acids is 1. The van der Waals surface area contributed by atoms with Crippen LogP contribution in [0.4, 0.5) is 0 Å². The molecule has 0 bridgehead atoms. The second-order valence-electron chi connectivity index (χ2n) is 6.98. The first-order valence-corrected chi connectivity index (χ1v) is 9.57. The predicted octanol–water partition coefficient (Wildman–Crippen LogP) is 1.83. The summed E-state index contributed by atoms with van der Waals surface area (Å²) in [6, 6.07) is 8.26. The number of piperidine rings is 1. The number of benzene rings is 1. The monoisotopic (exact) mass is 378 g/mol. The van der Waals surface area contributed by atoms with Crippen LogP contribution in [-0.4, -0.2) is 51.3 Å². The number of nitrogens with one attached hydrogen (secondary N) is 3. The van der Waals surface area contributed by atoms with E-state index in [0.717, 1.165) is 55.6 Å². The van der Waals surface area contributed by atoms with E-state index in [1.165, 1.54) is 0 Å². The summed E-state index contributed by atoms with van der Waals surface area (Å²) in [6.45, 7) is 2.82. The summed E-state index contributed by atoms with van der Waals surface area (Å²) < 4.78 is 5.59. The number of rotatable bonds is 4. The normalized spacial score (nSPS) is 23.2. The molecule has 3 rings (SSSR count). The Morgan fingerprint density at radius 2 is 2.15 bits per heavy atom. The van der Waals surface area contributed by atoms with E-state index in [1.807, 2.05) is 18.2 Å². The Morgan fingerprint density at radius 3 is 2.81 bits per heavy atom. The lowest BCUT2D eigenvalue weighted by atomic mass is 9.74. The second-order valence-corrected chi connectivity index (χ2v) is 7.39. The number of ether oxygens (including phenoxy) is 1. The fourth-order valence-corrected chi connectivity index (χ4v) is 4.03. The molecular weight excluding hydrogens is 352 g/mol. The van der Waals surface area contributed by atoms with Gasteiger partial charge in [-0.15, -0.1) is 0 Å². The molecule has 0 spiro atoms. The Bertz CT molecular complexity index is 649. The van der Waals surface area contributed by atoms with Crippen molar-refractivity contribution in [3.63, 3.8) is 0 Å². The fourth-order valence-electron chi connectivity index (χ4n) is 3.69. The van der Waals surface area contributed by atoms with Gasteiger partial charge < -0.3 is 20.7 Å². The first-order chi connectivity index (χ1) is 12.6. The molecule has 0 aliphatic carbocycles. The first kappa shape index (κ1) is 19.0. The molecule has 7 heteroatoms. The van der Waals surface area contributed by atoms with Crippen molar-refractivity contribution in [3.8, 4) is 0 Å². The van der Waals surface area contributed by atoms with Gasteiger partial charge in [-0.2, -0.15) is 0 Å². The Morgan fingerprint density at radius 1 is 1.38 bits per heavy atom. The van der Waals surface area contributed by atoms with Crippen LogP contribution in [0.15, 0.2) is 29.3 Å². The average molecular weight is 379 g/mol. The van der Waals surface area contributed by atoms with Gasteiger partial charge in [0.15, 0.2) is 5.96 Å². The number of carbonyl (C=O) groups is 1. The van der Waals surface area contributed by atoms with Crippen molar-refractivity contribution in [2.45, 2.75) is 37.1 Å². The minimum Gasteiger partial charge on any atom is -0.381 e. The van der Waals surface area contributed by atoms with Crippen LogP contribution in [0.2, 0.25) is 5.02 Å². The highest BCUT2D eigenvalue weighted by Crippen LogP contribution is 2.38. The molecule has 2 aliphatic rings. The molecule has 6 nitrogen and oxygen atoms in total. The van der Waals surface area contributed by atoms with Crippen molar-refractivity contribution >= 4 is 23.5 Å². The lowest BCUT2D eigenvalue weighted by Crippen LogP contribution is -2.54. The lowest BCUT2D eigenvalue weighted by molar-refractivity contribution is -0.122. The summed E-state index contributed by atoms with van der Waals surface area (Å²) in [5.41, 5.74) is 1.09. The van der Waals surface area contributed by atoms with Crippen LogP contribution in [0, 0.1) is 0 Å². The maximum Gasteiger partial charge on any atom is 0.220 e. The molecule has 1 unspecified atom stereocenters. The molecular formula is C19H27ClN4O2. The molecule has 3 N–H and O–H groups in total. The Kier molecular flexibility index (Phi) is 6.38. The molecule has 2 fully saturated rings. The standard InChI is InChI=1S/C19H27ClN4O2/c1-21-18(24-14-6-7-17(25)22-12-14)23-13-19(8-10-26-11-9-19)15-4-2-3-5-16(15)20/h2-5,14H,6-13H2,1H3,(H,22,25)(H2,21,23,24). The van der Waals surface area contributed by atoms with Crippen molar-refractivity contribution in [2.75, 3.05) is 33.4 Å². The van der Waals surface area contributed by atoms with Crippen LogP contribution in [0.3, 0.4) is 0 Å². The highest BCUT2D eigenvalue weighted by molar-refractivity contribution is 6.31. The van der Waals surface area contributed by atoms with E-state index in [0.29, 0.717) is 13.0 Å². The van der Waals surface area contributed by atoms with E-state index >= 15 is 0 Å². The Hall–Kier alpha value is -1.79.